The fourth-order valence-electron chi connectivity index (χ4n) is 1.34. The third-order valence-corrected chi connectivity index (χ3v) is 3.03. The zero-order valence-corrected chi connectivity index (χ0v) is 10.1. The molecule has 1 aromatic rings. The number of hydrogen-bond donors (Lipinski definition) is 1. The molecular weight excluding hydrogens is 237 g/mol. The van der Waals surface area contributed by atoms with Gasteiger partial charge in [0.2, 0.25) is 5.79 Å². The van der Waals surface area contributed by atoms with Crippen LogP contribution in [0.4, 0.5) is 0 Å². The van der Waals surface area contributed by atoms with Crippen LogP contribution in [0.2, 0.25) is 10.0 Å². The fraction of sp³-hybridized carbons (Fsp3) is 0.400. The highest BCUT2D eigenvalue weighted by atomic mass is 35.5. The maximum absolute atomic E-state index is 5.91. The Bertz CT molecular complexity index is 332. The Morgan fingerprint density at radius 1 is 1.20 bits per heavy atom. The summed E-state index contributed by atoms with van der Waals surface area (Å²) in [6, 6.07) is 5.14. The minimum Gasteiger partial charge on any atom is -0.348 e. The maximum atomic E-state index is 5.91. The Morgan fingerprint density at radius 2 is 1.80 bits per heavy atom. The Morgan fingerprint density at radius 3 is 2.20 bits per heavy atom. The first-order valence-electron chi connectivity index (χ1n) is 4.35. The predicted octanol–water partition coefficient (Wildman–Crippen LogP) is 2.40. The van der Waals surface area contributed by atoms with Crippen LogP contribution >= 0.6 is 23.2 Å². The van der Waals surface area contributed by atoms with Gasteiger partial charge in [-0.3, -0.25) is 0 Å². The average Bonchev–Trinajstić information content (AvgIpc) is 2.26. The summed E-state index contributed by atoms with van der Waals surface area (Å²) in [5, 5.41) is 0.930. The quantitative estimate of drug-likeness (QED) is 0.834. The van der Waals surface area contributed by atoms with E-state index < -0.39 is 5.79 Å². The predicted molar refractivity (Wildman–Crippen MR) is 61.2 cm³/mol. The topological polar surface area (TPSA) is 44.5 Å². The van der Waals surface area contributed by atoms with Gasteiger partial charge < -0.3 is 15.2 Å². The minimum absolute atomic E-state index is 0.192. The third-order valence-electron chi connectivity index (χ3n) is 2.29. The van der Waals surface area contributed by atoms with Crippen LogP contribution < -0.4 is 5.73 Å². The van der Waals surface area contributed by atoms with E-state index in [0.29, 0.717) is 10.0 Å². The lowest BCUT2D eigenvalue weighted by Crippen LogP contribution is -2.38. The highest BCUT2D eigenvalue weighted by Gasteiger charge is 2.30. The van der Waals surface area contributed by atoms with E-state index in [-0.39, 0.29) is 6.54 Å². The van der Waals surface area contributed by atoms with Crippen molar-refractivity contribution in [3.8, 4) is 0 Å². The van der Waals surface area contributed by atoms with Crippen molar-refractivity contribution >= 4 is 23.2 Å². The van der Waals surface area contributed by atoms with E-state index in [0.717, 1.165) is 5.56 Å². The molecule has 0 saturated heterocycles. The van der Waals surface area contributed by atoms with Crippen molar-refractivity contribution in [2.45, 2.75) is 5.79 Å². The number of methoxy groups -OCH3 is 2. The summed E-state index contributed by atoms with van der Waals surface area (Å²) >= 11 is 11.7. The molecule has 0 saturated carbocycles. The summed E-state index contributed by atoms with van der Waals surface area (Å²) in [6.07, 6.45) is 0. The van der Waals surface area contributed by atoms with Crippen LogP contribution in [0.15, 0.2) is 18.2 Å². The Labute approximate surface area is 99.1 Å². The molecule has 0 atom stereocenters. The van der Waals surface area contributed by atoms with Crippen molar-refractivity contribution in [2.75, 3.05) is 20.8 Å². The number of nitrogens with two attached hydrogens (primary N) is 1. The molecular formula is C10H13Cl2NO2. The third kappa shape index (κ3) is 2.44. The molecule has 5 heteroatoms. The van der Waals surface area contributed by atoms with Gasteiger partial charge in [-0.1, -0.05) is 29.3 Å². The summed E-state index contributed by atoms with van der Waals surface area (Å²) in [7, 11) is 3.05. The van der Waals surface area contributed by atoms with Gasteiger partial charge in [0, 0.05) is 19.8 Å². The molecule has 0 heterocycles. The summed E-state index contributed by atoms with van der Waals surface area (Å²) in [5.41, 5.74) is 6.36. The van der Waals surface area contributed by atoms with Crippen LogP contribution in [-0.4, -0.2) is 20.8 Å². The maximum Gasteiger partial charge on any atom is 0.207 e. The van der Waals surface area contributed by atoms with Crippen molar-refractivity contribution < 1.29 is 9.47 Å². The molecule has 1 aromatic carbocycles. The minimum atomic E-state index is -0.964. The second kappa shape index (κ2) is 5.14. The van der Waals surface area contributed by atoms with Gasteiger partial charge in [-0.15, -0.1) is 0 Å². The van der Waals surface area contributed by atoms with Crippen molar-refractivity contribution in [2.24, 2.45) is 5.73 Å². The van der Waals surface area contributed by atoms with E-state index in [9.17, 15) is 0 Å². The van der Waals surface area contributed by atoms with Crippen LogP contribution in [0.1, 0.15) is 5.56 Å². The first kappa shape index (κ1) is 12.7. The van der Waals surface area contributed by atoms with Crippen LogP contribution in [-0.2, 0) is 15.3 Å². The number of rotatable bonds is 4. The monoisotopic (exact) mass is 249 g/mol. The molecule has 0 aliphatic carbocycles. The van der Waals surface area contributed by atoms with Gasteiger partial charge in [-0.2, -0.15) is 0 Å². The van der Waals surface area contributed by atoms with Crippen LogP contribution in [0, 0.1) is 0 Å². The largest absolute Gasteiger partial charge is 0.348 e. The smallest absolute Gasteiger partial charge is 0.207 e. The highest BCUT2D eigenvalue weighted by molar-refractivity contribution is 6.42. The summed E-state index contributed by atoms with van der Waals surface area (Å²) < 4.78 is 10.5. The van der Waals surface area contributed by atoms with Gasteiger partial charge >= 0.3 is 0 Å². The van der Waals surface area contributed by atoms with Gasteiger partial charge in [0.15, 0.2) is 0 Å². The molecule has 0 spiro atoms. The van der Waals surface area contributed by atoms with Crippen molar-refractivity contribution in [3.05, 3.63) is 33.8 Å². The van der Waals surface area contributed by atoms with E-state index in [1.54, 1.807) is 18.2 Å². The summed E-state index contributed by atoms with van der Waals surface area (Å²) in [6.45, 7) is 0.192. The Hall–Kier alpha value is -0.320. The number of hydrogen-bond acceptors (Lipinski definition) is 3. The lowest BCUT2D eigenvalue weighted by atomic mass is 10.1. The molecule has 0 aliphatic rings. The zero-order chi connectivity index (χ0) is 11.5. The average molecular weight is 250 g/mol. The van der Waals surface area contributed by atoms with E-state index in [1.807, 2.05) is 0 Å². The Kier molecular flexibility index (Phi) is 4.37. The van der Waals surface area contributed by atoms with Crippen LogP contribution in [0.5, 0.6) is 0 Å². The lowest BCUT2D eigenvalue weighted by Gasteiger charge is -2.29. The van der Waals surface area contributed by atoms with E-state index in [2.05, 4.69) is 0 Å². The standard InChI is InChI=1S/C10H13Cl2NO2/c1-14-10(6-13,15-2)7-3-4-8(11)9(12)5-7/h3-5H,6,13H2,1-2H3. The number of ether oxygens (including phenoxy) is 2. The molecule has 0 unspecified atom stereocenters. The molecule has 1 rings (SSSR count). The highest BCUT2D eigenvalue weighted by Crippen LogP contribution is 2.30. The summed E-state index contributed by atoms with van der Waals surface area (Å²) in [4.78, 5) is 0. The number of halogens is 2. The van der Waals surface area contributed by atoms with E-state index in [1.165, 1.54) is 14.2 Å². The van der Waals surface area contributed by atoms with E-state index in [4.69, 9.17) is 38.4 Å². The Balaban J connectivity index is 3.17. The van der Waals surface area contributed by atoms with Crippen molar-refractivity contribution in [1.82, 2.24) is 0 Å². The molecule has 15 heavy (non-hydrogen) atoms. The second-order valence-corrected chi connectivity index (χ2v) is 3.81. The SMILES string of the molecule is COC(CN)(OC)c1ccc(Cl)c(Cl)c1. The van der Waals surface area contributed by atoms with Crippen molar-refractivity contribution in [3.63, 3.8) is 0 Å². The molecule has 0 aliphatic heterocycles. The molecule has 0 fully saturated rings. The molecule has 84 valence electrons. The fourth-order valence-corrected chi connectivity index (χ4v) is 1.63. The number of benzene rings is 1. The van der Waals surface area contributed by atoms with Crippen LogP contribution in [0.25, 0.3) is 0 Å². The molecule has 0 bridgehead atoms. The molecule has 2 N–H and O–H groups in total. The second-order valence-electron chi connectivity index (χ2n) is 2.99. The van der Waals surface area contributed by atoms with Gasteiger partial charge in [0.05, 0.1) is 16.6 Å². The normalized spacial score (nSPS) is 11.8. The summed E-state index contributed by atoms with van der Waals surface area (Å²) in [5.74, 6) is -0.964. The van der Waals surface area contributed by atoms with Crippen molar-refractivity contribution in [1.29, 1.82) is 0 Å². The molecule has 0 aromatic heterocycles. The molecule has 0 radical (unpaired) electrons. The first-order chi connectivity index (χ1) is 7.09. The molecule has 0 amide bonds. The van der Waals surface area contributed by atoms with Gasteiger partial charge in [-0.25, -0.2) is 0 Å². The lowest BCUT2D eigenvalue weighted by molar-refractivity contribution is -0.207. The molecule has 3 nitrogen and oxygen atoms in total. The van der Waals surface area contributed by atoms with E-state index >= 15 is 0 Å². The zero-order valence-electron chi connectivity index (χ0n) is 8.59. The van der Waals surface area contributed by atoms with Gasteiger partial charge in [0.25, 0.3) is 0 Å². The van der Waals surface area contributed by atoms with Crippen LogP contribution in [0.3, 0.4) is 0 Å². The van der Waals surface area contributed by atoms with Gasteiger partial charge in [0.1, 0.15) is 0 Å². The first-order valence-corrected chi connectivity index (χ1v) is 5.11. The van der Waals surface area contributed by atoms with Gasteiger partial charge in [-0.05, 0) is 12.1 Å².